The maximum absolute atomic E-state index is 13.7. The van der Waals surface area contributed by atoms with Crippen LogP contribution in [0.1, 0.15) is 27.4 Å². The molecule has 0 fully saturated rings. The largest absolute Gasteiger partial charge is 1.00 e. The Morgan fingerprint density at radius 1 is 0.758 bits per heavy atom. The Morgan fingerprint density at radius 3 is 1.91 bits per heavy atom. The molecule has 1 N–H and O–H groups in total. The molecular formula is C28H23LiN2O2. The summed E-state index contributed by atoms with van der Waals surface area (Å²) in [6.07, 6.45) is 0.487. The summed E-state index contributed by atoms with van der Waals surface area (Å²) in [5.74, 6) is -0.572. The van der Waals surface area contributed by atoms with Gasteiger partial charge >= 0.3 is 18.9 Å². The van der Waals surface area contributed by atoms with Gasteiger partial charge < -0.3 is 15.6 Å². The number of Topliss-reactive ketones (excluding diaryl/α,β-unsaturated/α-hetero) is 1. The van der Waals surface area contributed by atoms with E-state index < -0.39 is 5.92 Å². The van der Waals surface area contributed by atoms with Gasteiger partial charge in [0.05, 0.1) is 5.92 Å². The second-order valence-electron chi connectivity index (χ2n) is 7.44. The fourth-order valence-electron chi connectivity index (χ4n) is 3.55. The minimum atomic E-state index is -0.603. The molecule has 1 atom stereocenters. The van der Waals surface area contributed by atoms with E-state index in [-0.39, 0.29) is 30.4 Å². The zero-order valence-corrected chi connectivity index (χ0v) is 18.5. The monoisotopic (exact) mass is 426 g/mol. The molecule has 0 saturated carbocycles. The number of phenols is 1. The minimum absolute atomic E-state index is 0. The normalized spacial score (nSPS) is 11.8. The molecule has 0 spiro atoms. The zero-order valence-electron chi connectivity index (χ0n) is 18.5. The summed E-state index contributed by atoms with van der Waals surface area (Å²) in [6, 6.07) is 35.4. The van der Waals surface area contributed by atoms with Crippen molar-refractivity contribution in [3.05, 3.63) is 137 Å². The number of rotatable bonds is 8. The van der Waals surface area contributed by atoms with Gasteiger partial charge in [-0.1, -0.05) is 91.0 Å². The number of nitrogens with zero attached hydrogens (tertiary/aromatic N) is 2. The van der Waals surface area contributed by atoms with Crippen molar-refractivity contribution >= 4 is 17.2 Å². The standard InChI is InChI=1S/C28H23N2O2.Li/c31-25-18-16-23(17-19-25)28(32)27(22-12-6-2-7-13-22)26(20-21-10-4-1-5-11-21)30-29-24-14-8-3-9-15-24;/h1-19,27H,20H2,(H,31,32);/q-1;+1/b30-26-;. The number of carbonyl (C=O) groups is 1. The first-order valence-electron chi connectivity index (χ1n) is 10.5. The van der Waals surface area contributed by atoms with Crippen molar-refractivity contribution in [2.75, 3.05) is 0 Å². The Labute approximate surface area is 206 Å². The summed E-state index contributed by atoms with van der Waals surface area (Å²) >= 11 is 0. The van der Waals surface area contributed by atoms with Crippen LogP contribution in [0.15, 0.2) is 120 Å². The van der Waals surface area contributed by atoms with Gasteiger partial charge in [0.25, 0.3) is 0 Å². The minimum Gasteiger partial charge on any atom is -0.576 e. The molecule has 4 aromatic carbocycles. The fourth-order valence-corrected chi connectivity index (χ4v) is 3.55. The SMILES string of the molecule is O=C(c1ccc(O)cc1)C(/C(Cc1ccccc1)=N\[N-]c1ccccc1)c1ccccc1.[Li+]. The first-order valence-corrected chi connectivity index (χ1v) is 10.5. The molecule has 158 valence electrons. The summed E-state index contributed by atoms with van der Waals surface area (Å²) < 4.78 is 0. The summed E-state index contributed by atoms with van der Waals surface area (Å²) in [6.45, 7) is 0. The van der Waals surface area contributed by atoms with Gasteiger partial charge in [-0.2, -0.15) is 0 Å². The maximum atomic E-state index is 13.7. The molecule has 0 aromatic heterocycles. The number of benzene rings is 4. The van der Waals surface area contributed by atoms with Gasteiger partial charge in [-0.15, -0.1) is 5.69 Å². The second-order valence-corrected chi connectivity index (χ2v) is 7.44. The Bertz CT molecular complexity index is 1180. The molecule has 0 aliphatic heterocycles. The van der Waals surface area contributed by atoms with Gasteiger partial charge in [0.15, 0.2) is 5.78 Å². The second kappa shape index (κ2) is 11.9. The van der Waals surface area contributed by atoms with Gasteiger partial charge in [0.2, 0.25) is 0 Å². The summed E-state index contributed by atoms with van der Waals surface area (Å²) in [4.78, 5) is 13.7. The average Bonchev–Trinajstić information content (AvgIpc) is 2.85. The van der Waals surface area contributed by atoms with Crippen LogP contribution in [0.25, 0.3) is 5.43 Å². The molecule has 0 bridgehead atoms. The number of hydrogen-bond acceptors (Lipinski definition) is 3. The predicted octanol–water partition coefficient (Wildman–Crippen LogP) is 3.67. The zero-order chi connectivity index (χ0) is 22.2. The average molecular weight is 426 g/mol. The van der Waals surface area contributed by atoms with Gasteiger partial charge in [-0.25, -0.2) is 0 Å². The topological polar surface area (TPSA) is 63.8 Å². The van der Waals surface area contributed by atoms with Crippen LogP contribution in [-0.2, 0) is 6.42 Å². The number of aromatic hydroxyl groups is 1. The predicted molar refractivity (Wildman–Crippen MR) is 129 cm³/mol. The van der Waals surface area contributed by atoms with Crippen molar-refractivity contribution < 1.29 is 28.8 Å². The summed E-state index contributed by atoms with van der Waals surface area (Å²) in [7, 11) is 0. The smallest absolute Gasteiger partial charge is 0.576 e. The van der Waals surface area contributed by atoms with E-state index in [1.165, 1.54) is 12.1 Å². The van der Waals surface area contributed by atoms with E-state index in [2.05, 4.69) is 10.5 Å². The molecule has 0 aliphatic rings. The Hall–Kier alpha value is -3.58. The number of ketones is 1. The Kier molecular flexibility index (Phi) is 8.66. The van der Waals surface area contributed by atoms with E-state index in [0.29, 0.717) is 17.7 Å². The Balaban J connectivity index is 0.00000306. The molecule has 0 saturated heterocycles. The summed E-state index contributed by atoms with van der Waals surface area (Å²) in [5, 5.41) is 14.3. The van der Waals surface area contributed by atoms with Crippen LogP contribution in [0.3, 0.4) is 0 Å². The number of hydrogen-bond donors (Lipinski definition) is 1. The molecule has 4 rings (SSSR count). The van der Waals surface area contributed by atoms with Crippen LogP contribution in [0.4, 0.5) is 5.69 Å². The van der Waals surface area contributed by atoms with Crippen molar-refractivity contribution in [3.63, 3.8) is 0 Å². The molecule has 4 nitrogen and oxygen atoms in total. The first-order chi connectivity index (χ1) is 15.7. The van der Waals surface area contributed by atoms with E-state index in [1.54, 1.807) is 12.1 Å². The number of phenolic OH excluding ortho intramolecular Hbond substituents is 1. The molecule has 0 aliphatic carbocycles. The molecule has 0 heterocycles. The van der Waals surface area contributed by atoms with Crippen LogP contribution in [0.2, 0.25) is 0 Å². The molecule has 4 aromatic rings. The van der Waals surface area contributed by atoms with Crippen LogP contribution < -0.4 is 18.9 Å². The van der Waals surface area contributed by atoms with Gasteiger partial charge in [0.1, 0.15) is 5.75 Å². The van der Waals surface area contributed by atoms with Crippen molar-refractivity contribution in [3.8, 4) is 5.75 Å². The van der Waals surface area contributed by atoms with Crippen molar-refractivity contribution in [2.45, 2.75) is 12.3 Å². The van der Waals surface area contributed by atoms with E-state index in [9.17, 15) is 9.90 Å². The van der Waals surface area contributed by atoms with Crippen LogP contribution in [-0.4, -0.2) is 16.6 Å². The quantitative estimate of drug-likeness (QED) is 0.202. The van der Waals surface area contributed by atoms with Gasteiger partial charge in [-0.3, -0.25) is 4.79 Å². The van der Waals surface area contributed by atoms with Crippen molar-refractivity contribution in [1.82, 2.24) is 0 Å². The molecule has 33 heavy (non-hydrogen) atoms. The van der Waals surface area contributed by atoms with Gasteiger partial charge in [-0.05, 0) is 35.4 Å². The molecule has 0 radical (unpaired) electrons. The van der Waals surface area contributed by atoms with E-state index >= 15 is 0 Å². The molecule has 0 amide bonds. The fraction of sp³-hybridized carbons (Fsp3) is 0.0714. The number of carbonyl (C=O) groups excluding carboxylic acids is 1. The third-order valence-corrected chi connectivity index (χ3v) is 5.16. The third-order valence-electron chi connectivity index (χ3n) is 5.16. The summed E-state index contributed by atoms with van der Waals surface area (Å²) in [5.41, 5.74) is 8.23. The van der Waals surface area contributed by atoms with Crippen LogP contribution in [0.5, 0.6) is 5.75 Å². The van der Waals surface area contributed by atoms with Gasteiger partial charge in [0, 0.05) is 17.7 Å². The van der Waals surface area contributed by atoms with E-state index in [4.69, 9.17) is 0 Å². The Morgan fingerprint density at radius 2 is 1.30 bits per heavy atom. The first kappa shape index (κ1) is 24.1. The van der Waals surface area contributed by atoms with E-state index in [0.717, 1.165) is 16.8 Å². The van der Waals surface area contributed by atoms with Crippen molar-refractivity contribution in [2.24, 2.45) is 5.10 Å². The van der Waals surface area contributed by atoms with Crippen molar-refractivity contribution in [1.29, 1.82) is 0 Å². The molecular weight excluding hydrogens is 403 g/mol. The van der Waals surface area contributed by atoms with Crippen LogP contribution >= 0.6 is 0 Å². The molecule has 1 unspecified atom stereocenters. The van der Waals surface area contributed by atoms with Crippen LogP contribution in [0, 0.1) is 0 Å². The maximum Gasteiger partial charge on any atom is 1.00 e. The third kappa shape index (κ3) is 6.46. The van der Waals surface area contributed by atoms with E-state index in [1.807, 2.05) is 91.0 Å². The molecule has 5 heteroatoms.